The van der Waals surface area contributed by atoms with E-state index in [0.717, 1.165) is 45.9 Å². The van der Waals surface area contributed by atoms with Gasteiger partial charge in [-0.1, -0.05) is 0 Å². The molecule has 0 saturated carbocycles. The molecule has 0 N–H and O–H groups in total. The Hall–Kier alpha value is -3.35. The van der Waals surface area contributed by atoms with Gasteiger partial charge in [0.05, 0.1) is 6.61 Å². The van der Waals surface area contributed by atoms with Gasteiger partial charge < -0.3 is 4.74 Å². The number of nitrogens with zero attached hydrogens (tertiary/aromatic N) is 5. The van der Waals surface area contributed by atoms with E-state index in [4.69, 9.17) is 4.74 Å². The van der Waals surface area contributed by atoms with E-state index in [1.807, 2.05) is 23.6 Å². The molecule has 0 unspecified atom stereocenters. The summed E-state index contributed by atoms with van der Waals surface area (Å²) in [5, 5.41) is 8.33. The third-order valence-corrected chi connectivity index (χ3v) is 5.13. The Balaban J connectivity index is 1.50. The first kappa shape index (κ1) is 16.8. The second kappa shape index (κ2) is 6.67. The zero-order valence-corrected chi connectivity index (χ0v) is 15.4. The molecule has 4 aromatic rings. The SMILES string of the molecule is Cc1cncc(-c2cnc(CCc3c(F)ccc4c3CCO4)n3cnnc23)c1. The first-order valence-corrected chi connectivity index (χ1v) is 9.23. The van der Waals surface area contributed by atoms with Crippen molar-refractivity contribution in [2.75, 3.05) is 6.61 Å². The Labute approximate surface area is 161 Å². The van der Waals surface area contributed by atoms with Crippen LogP contribution in [0.2, 0.25) is 0 Å². The summed E-state index contributed by atoms with van der Waals surface area (Å²) in [6, 6.07) is 5.23. The highest BCUT2D eigenvalue weighted by Gasteiger charge is 2.20. The second-order valence-corrected chi connectivity index (χ2v) is 6.96. The molecule has 0 radical (unpaired) electrons. The molecule has 0 bridgehead atoms. The lowest BCUT2D eigenvalue weighted by Crippen LogP contribution is -2.06. The zero-order valence-electron chi connectivity index (χ0n) is 15.4. The van der Waals surface area contributed by atoms with Crippen LogP contribution in [0, 0.1) is 12.7 Å². The van der Waals surface area contributed by atoms with Gasteiger partial charge in [-0.3, -0.25) is 9.38 Å². The molecule has 0 amide bonds. The van der Waals surface area contributed by atoms with Crippen LogP contribution in [0.1, 0.15) is 22.5 Å². The average Bonchev–Trinajstić information content (AvgIpc) is 3.36. The number of hydrogen-bond donors (Lipinski definition) is 0. The fourth-order valence-electron chi connectivity index (χ4n) is 3.78. The van der Waals surface area contributed by atoms with Crippen molar-refractivity contribution in [2.24, 2.45) is 0 Å². The van der Waals surface area contributed by atoms with E-state index in [1.54, 1.807) is 24.8 Å². The zero-order chi connectivity index (χ0) is 19.1. The summed E-state index contributed by atoms with van der Waals surface area (Å²) in [5.41, 5.74) is 5.29. The summed E-state index contributed by atoms with van der Waals surface area (Å²) in [6.45, 7) is 2.61. The lowest BCUT2D eigenvalue weighted by molar-refractivity contribution is 0.356. The van der Waals surface area contributed by atoms with Crippen molar-refractivity contribution in [3.05, 3.63) is 71.4 Å². The standard InChI is InChI=1S/C21H18FN5O/c1-13-8-14(10-23-9-13)17-11-24-20(27-12-25-26-21(17)27)5-2-15-16-6-7-28-19(16)4-3-18(15)22/h3-4,8-12H,2,5-7H2,1H3. The molecule has 7 heteroatoms. The van der Waals surface area contributed by atoms with Gasteiger partial charge in [-0.2, -0.15) is 0 Å². The van der Waals surface area contributed by atoms with E-state index in [2.05, 4.69) is 20.2 Å². The number of aromatic nitrogens is 5. The fourth-order valence-corrected chi connectivity index (χ4v) is 3.78. The quantitative estimate of drug-likeness (QED) is 0.547. The molecule has 0 saturated heterocycles. The fraction of sp³-hybridized carbons (Fsp3) is 0.238. The van der Waals surface area contributed by atoms with E-state index in [0.29, 0.717) is 25.0 Å². The molecule has 140 valence electrons. The Morgan fingerprint density at radius 1 is 1.18 bits per heavy atom. The van der Waals surface area contributed by atoms with Crippen molar-refractivity contribution in [1.82, 2.24) is 24.6 Å². The van der Waals surface area contributed by atoms with E-state index in [-0.39, 0.29) is 5.82 Å². The Morgan fingerprint density at radius 2 is 2.11 bits per heavy atom. The first-order valence-electron chi connectivity index (χ1n) is 9.23. The van der Waals surface area contributed by atoms with Gasteiger partial charge in [0.25, 0.3) is 0 Å². The normalized spacial score (nSPS) is 12.9. The van der Waals surface area contributed by atoms with Crippen LogP contribution in [0.4, 0.5) is 4.39 Å². The number of pyridine rings is 1. The Bertz CT molecular complexity index is 1190. The highest BCUT2D eigenvalue weighted by atomic mass is 19.1. The van der Waals surface area contributed by atoms with Crippen LogP contribution in [0.15, 0.2) is 43.1 Å². The smallest absolute Gasteiger partial charge is 0.171 e. The summed E-state index contributed by atoms with van der Waals surface area (Å²) in [6.07, 6.45) is 8.92. The van der Waals surface area contributed by atoms with Crippen molar-refractivity contribution in [2.45, 2.75) is 26.2 Å². The van der Waals surface area contributed by atoms with Crippen LogP contribution in [-0.4, -0.2) is 31.2 Å². The van der Waals surface area contributed by atoms with Crippen molar-refractivity contribution < 1.29 is 9.13 Å². The van der Waals surface area contributed by atoms with Crippen molar-refractivity contribution in [3.8, 4) is 16.9 Å². The largest absolute Gasteiger partial charge is 0.493 e. The first-order chi connectivity index (χ1) is 13.7. The molecule has 5 rings (SSSR count). The predicted octanol–water partition coefficient (Wildman–Crippen LogP) is 3.35. The summed E-state index contributed by atoms with van der Waals surface area (Å²) < 4.78 is 21.8. The molecule has 0 fully saturated rings. The number of fused-ring (bicyclic) bond motifs is 2. The maximum absolute atomic E-state index is 14.4. The van der Waals surface area contributed by atoms with Crippen LogP contribution in [0.25, 0.3) is 16.8 Å². The van der Waals surface area contributed by atoms with Crippen LogP contribution in [-0.2, 0) is 19.3 Å². The number of hydrogen-bond acceptors (Lipinski definition) is 5. The highest BCUT2D eigenvalue weighted by molar-refractivity contribution is 5.76. The van der Waals surface area contributed by atoms with E-state index < -0.39 is 0 Å². The average molecular weight is 375 g/mol. The lowest BCUT2D eigenvalue weighted by atomic mass is 10.00. The van der Waals surface area contributed by atoms with E-state index in [1.165, 1.54) is 6.07 Å². The number of halogens is 1. The third kappa shape index (κ3) is 2.79. The van der Waals surface area contributed by atoms with Gasteiger partial charge in [0.2, 0.25) is 0 Å². The summed E-state index contributed by atoms with van der Waals surface area (Å²) >= 11 is 0. The molecule has 6 nitrogen and oxygen atoms in total. The molecule has 1 aliphatic heterocycles. The molecule has 1 aliphatic rings. The second-order valence-electron chi connectivity index (χ2n) is 6.96. The van der Waals surface area contributed by atoms with Gasteiger partial charge in [-0.05, 0) is 42.7 Å². The third-order valence-electron chi connectivity index (χ3n) is 5.13. The highest BCUT2D eigenvalue weighted by Crippen LogP contribution is 2.31. The number of ether oxygens (including phenoxy) is 1. The lowest BCUT2D eigenvalue weighted by Gasteiger charge is -2.11. The van der Waals surface area contributed by atoms with Crippen molar-refractivity contribution >= 4 is 5.65 Å². The molecule has 4 heterocycles. The molecular formula is C21H18FN5O. The molecule has 28 heavy (non-hydrogen) atoms. The van der Waals surface area contributed by atoms with Crippen LogP contribution >= 0.6 is 0 Å². The van der Waals surface area contributed by atoms with Crippen LogP contribution < -0.4 is 4.74 Å². The predicted molar refractivity (Wildman–Crippen MR) is 102 cm³/mol. The number of benzene rings is 1. The summed E-state index contributed by atoms with van der Waals surface area (Å²) in [4.78, 5) is 8.88. The van der Waals surface area contributed by atoms with Crippen LogP contribution in [0.3, 0.4) is 0 Å². The Kier molecular flexibility index (Phi) is 4.00. The Morgan fingerprint density at radius 3 is 3.00 bits per heavy atom. The number of rotatable bonds is 4. The van der Waals surface area contributed by atoms with Gasteiger partial charge in [0, 0.05) is 48.1 Å². The van der Waals surface area contributed by atoms with Crippen molar-refractivity contribution in [1.29, 1.82) is 0 Å². The number of aryl methyl sites for hydroxylation is 2. The van der Waals surface area contributed by atoms with Gasteiger partial charge in [-0.15, -0.1) is 10.2 Å². The van der Waals surface area contributed by atoms with E-state index in [9.17, 15) is 4.39 Å². The molecule has 0 atom stereocenters. The summed E-state index contributed by atoms with van der Waals surface area (Å²) in [7, 11) is 0. The molecule has 3 aromatic heterocycles. The minimum Gasteiger partial charge on any atom is -0.493 e. The molecule has 1 aromatic carbocycles. The minimum atomic E-state index is -0.188. The maximum Gasteiger partial charge on any atom is 0.171 e. The van der Waals surface area contributed by atoms with Gasteiger partial charge >= 0.3 is 0 Å². The van der Waals surface area contributed by atoms with Crippen LogP contribution in [0.5, 0.6) is 5.75 Å². The molecule has 0 spiro atoms. The topological polar surface area (TPSA) is 65.2 Å². The van der Waals surface area contributed by atoms with Gasteiger partial charge in [0.1, 0.15) is 23.7 Å². The van der Waals surface area contributed by atoms with Gasteiger partial charge in [0.15, 0.2) is 5.65 Å². The van der Waals surface area contributed by atoms with Crippen molar-refractivity contribution in [3.63, 3.8) is 0 Å². The molecule has 0 aliphatic carbocycles. The monoisotopic (exact) mass is 375 g/mol. The van der Waals surface area contributed by atoms with Gasteiger partial charge in [-0.25, -0.2) is 9.37 Å². The maximum atomic E-state index is 14.4. The molecular weight excluding hydrogens is 357 g/mol. The van der Waals surface area contributed by atoms with E-state index >= 15 is 0 Å². The summed E-state index contributed by atoms with van der Waals surface area (Å²) in [5.74, 6) is 1.40. The minimum absolute atomic E-state index is 0.188.